The maximum absolute atomic E-state index is 12.4. The summed E-state index contributed by atoms with van der Waals surface area (Å²) in [5, 5.41) is 7.25. The zero-order valence-electron chi connectivity index (χ0n) is 14.1. The summed E-state index contributed by atoms with van der Waals surface area (Å²) in [5.41, 5.74) is 1.10. The Bertz CT molecular complexity index is 787. The first-order valence-corrected chi connectivity index (χ1v) is 8.46. The van der Waals surface area contributed by atoms with Crippen LogP contribution in [0.2, 0.25) is 0 Å². The largest absolute Gasteiger partial charge is 0.310 e. The molecule has 128 valence electrons. The molecule has 0 atom stereocenters. The minimum atomic E-state index is -0.245. The second-order valence-electron chi connectivity index (χ2n) is 6.55. The van der Waals surface area contributed by atoms with Gasteiger partial charge in [0.05, 0.1) is 5.69 Å². The van der Waals surface area contributed by atoms with Crippen molar-refractivity contribution in [3.63, 3.8) is 0 Å². The maximum Gasteiger partial charge on any atom is 0.252 e. The molecule has 1 aliphatic carbocycles. The SMILES string of the molecule is Cc1cc(=O)[nH]c(-n2nc(C)cc2NC(=O)CC2CCCCC2)n1. The van der Waals surface area contributed by atoms with Crippen LogP contribution < -0.4 is 10.9 Å². The number of aromatic amines is 1. The summed E-state index contributed by atoms with van der Waals surface area (Å²) in [5.74, 6) is 1.29. The summed E-state index contributed by atoms with van der Waals surface area (Å²) in [4.78, 5) is 31.0. The Kier molecular flexibility index (Phi) is 4.78. The van der Waals surface area contributed by atoms with Gasteiger partial charge in [-0.15, -0.1) is 0 Å². The molecule has 1 aliphatic rings. The fourth-order valence-corrected chi connectivity index (χ4v) is 3.26. The number of hydrogen-bond acceptors (Lipinski definition) is 4. The lowest BCUT2D eigenvalue weighted by Gasteiger charge is -2.20. The van der Waals surface area contributed by atoms with E-state index in [1.807, 2.05) is 6.92 Å². The lowest BCUT2D eigenvalue weighted by molar-refractivity contribution is -0.117. The Morgan fingerprint density at radius 3 is 2.71 bits per heavy atom. The Labute approximate surface area is 140 Å². The van der Waals surface area contributed by atoms with Gasteiger partial charge in [0.25, 0.3) is 5.56 Å². The van der Waals surface area contributed by atoms with Gasteiger partial charge in [-0.05, 0) is 32.6 Å². The molecule has 2 heterocycles. The first kappa shape index (κ1) is 16.4. The number of carbonyl (C=O) groups is 1. The number of rotatable bonds is 4. The average Bonchev–Trinajstić information content (AvgIpc) is 2.87. The van der Waals surface area contributed by atoms with E-state index in [0.717, 1.165) is 18.5 Å². The van der Waals surface area contributed by atoms with E-state index >= 15 is 0 Å². The third-order valence-corrected chi connectivity index (χ3v) is 4.36. The predicted molar refractivity (Wildman–Crippen MR) is 91.3 cm³/mol. The third-order valence-electron chi connectivity index (χ3n) is 4.36. The second-order valence-corrected chi connectivity index (χ2v) is 6.55. The van der Waals surface area contributed by atoms with Crippen LogP contribution in [0.25, 0.3) is 5.95 Å². The van der Waals surface area contributed by atoms with Crippen LogP contribution in [-0.4, -0.2) is 25.7 Å². The van der Waals surface area contributed by atoms with Crippen LogP contribution in [0, 0.1) is 19.8 Å². The molecule has 0 spiro atoms. The third kappa shape index (κ3) is 3.90. The minimum Gasteiger partial charge on any atom is -0.310 e. The van der Waals surface area contributed by atoms with Crippen molar-refractivity contribution in [3.05, 3.63) is 33.9 Å². The molecular formula is C17H23N5O2. The molecule has 2 N–H and O–H groups in total. The topological polar surface area (TPSA) is 92.7 Å². The van der Waals surface area contributed by atoms with Crippen molar-refractivity contribution in [2.45, 2.75) is 52.4 Å². The van der Waals surface area contributed by atoms with Gasteiger partial charge < -0.3 is 5.32 Å². The highest BCUT2D eigenvalue weighted by Crippen LogP contribution is 2.26. The molecule has 0 saturated heterocycles. The zero-order valence-corrected chi connectivity index (χ0v) is 14.1. The van der Waals surface area contributed by atoms with Gasteiger partial charge in [0.2, 0.25) is 11.9 Å². The van der Waals surface area contributed by atoms with E-state index < -0.39 is 0 Å². The fraction of sp³-hybridized carbons (Fsp3) is 0.529. The van der Waals surface area contributed by atoms with Gasteiger partial charge >= 0.3 is 0 Å². The van der Waals surface area contributed by atoms with Crippen molar-refractivity contribution in [1.29, 1.82) is 0 Å². The molecule has 0 unspecified atom stereocenters. The van der Waals surface area contributed by atoms with Gasteiger partial charge in [-0.3, -0.25) is 14.6 Å². The molecule has 1 saturated carbocycles. The fourth-order valence-electron chi connectivity index (χ4n) is 3.26. The van der Waals surface area contributed by atoms with Crippen LogP contribution in [-0.2, 0) is 4.79 Å². The predicted octanol–water partition coefficient (Wildman–Crippen LogP) is 2.48. The van der Waals surface area contributed by atoms with Crippen molar-refractivity contribution in [3.8, 4) is 5.95 Å². The molecule has 7 nitrogen and oxygen atoms in total. The highest BCUT2D eigenvalue weighted by molar-refractivity contribution is 5.90. The van der Waals surface area contributed by atoms with Gasteiger partial charge in [0, 0.05) is 24.2 Å². The summed E-state index contributed by atoms with van der Waals surface area (Å²) in [6.45, 7) is 3.58. The summed E-state index contributed by atoms with van der Waals surface area (Å²) >= 11 is 0. The number of aromatic nitrogens is 4. The van der Waals surface area contributed by atoms with Crippen LogP contribution in [0.15, 0.2) is 16.9 Å². The normalized spacial score (nSPS) is 15.4. The molecule has 3 rings (SSSR count). The number of carbonyl (C=O) groups excluding carboxylic acids is 1. The zero-order chi connectivity index (χ0) is 17.1. The van der Waals surface area contributed by atoms with Gasteiger partial charge in [-0.2, -0.15) is 9.78 Å². The summed E-state index contributed by atoms with van der Waals surface area (Å²) < 4.78 is 1.47. The number of hydrogen-bond donors (Lipinski definition) is 2. The van der Waals surface area contributed by atoms with Crippen molar-refractivity contribution in [1.82, 2.24) is 19.7 Å². The second kappa shape index (κ2) is 6.98. The number of aryl methyl sites for hydroxylation is 2. The molecule has 7 heteroatoms. The van der Waals surface area contributed by atoms with E-state index in [1.165, 1.54) is 30.0 Å². The number of amides is 1. The molecule has 0 aliphatic heterocycles. The van der Waals surface area contributed by atoms with Crippen LogP contribution >= 0.6 is 0 Å². The smallest absolute Gasteiger partial charge is 0.252 e. The lowest BCUT2D eigenvalue weighted by Crippen LogP contribution is -2.21. The van der Waals surface area contributed by atoms with Crippen LogP contribution in [0.3, 0.4) is 0 Å². The van der Waals surface area contributed by atoms with Crippen LogP contribution in [0.4, 0.5) is 5.82 Å². The Balaban J connectivity index is 1.78. The van der Waals surface area contributed by atoms with Gasteiger partial charge in [-0.1, -0.05) is 19.3 Å². The molecule has 1 fully saturated rings. The number of nitrogens with one attached hydrogen (secondary N) is 2. The average molecular weight is 329 g/mol. The summed E-state index contributed by atoms with van der Waals surface area (Å²) in [6.07, 6.45) is 6.47. The van der Waals surface area contributed by atoms with Crippen molar-refractivity contribution < 1.29 is 4.79 Å². The molecular weight excluding hydrogens is 306 g/mol. The molecule has 1 amide bonds. The maximum atomic E-state index is 12.4. The van der Waals surface area contributed by atoms with E-state index in [2.05, 4.69) is 20.4 Å². The van der Waals surface area contributed by atoms with Crippen molar-refractivity contribution in [2.24, 2.45) is 5.92 Å². The van der Waals surface area contributed by atoms with Crippen LogP contribution in [0.5, 0.6) is 0 Å². The molecule has 0 aromatic carbocycles. The van der Waals surface area contributed by atoms with E-state index in [0.29, 0.717) is 29.8 Å². The highest BCUT2D eigenvalue weighted by Gasteiger charge is 2.19. The van der Waals surface area contributed by atoms with Crippen LogP contribution in [0.1, 0.15) is 49.9 Å². The minimum absolute atomic E-state index is 0.0157. The summed E-state index contributed by atoms with van der Waals surface area (Å²) in [7, 11) is 0. The molecule has 24 heavy (non-hydrogen) atoms. The molecule has 0 bridgehead atoms. The summed E-state index contributed by atoms with van der Waals surface area (Å²) in [6, 6.07) is 3.20. The quantitative estimate of drug-likeness (QED) is 0.901. The van der Waals surface area contributed by atoms with E-state index in [4.69, 9.17) is 0 Å². The van der Waals surface area contributed by atoms with E-state index in [-0.39, 0.29) is 11.5 Å². The van der Waals surface area contributed by atoms with E-state index in [9.17, 15) is 9.59 Å². The first-order valence-electron chi connectivity index (χ1n) is 8.46. The van der Waals surface area contributed by atoms with Gasteiger partial charge in [0.15, 0.2) is 0 Å². The van der Waals surface area contributed by atoms with Gasteiger partial charge in [0.1, 0.15) is 5.82 Å². The lowest BCUT2D eigenvalue weighted by atomic mass is 9.87. The first-order chi connectivity index (χ1) is 11.5. The standard InChI is InChI=1S/C17H23N5O2/c1-11-9-15(23)20-17(18-11)22-14(8-12(2)21-22)19-16(24)10-13-6-4-3-5-7-13/h8-9,13H,3-7,10H2,1-2H3,(H,19,24)(H,18,20,23). The Hall–Kier alpha value is -2.44. The highest BCUT2D eigenvalue weighted by atomic mass is 16.1. The number of anilines is 1. The Morgan fingerprint density at radius 1 is 1.25 bits per heavy atom. The molecule has 2 aromatic heterocycles. The molecule has 2 aromatic rings. The van der Waals surface area contributed by atoms with Crippen molar-refractivity contribution in [2.75, 3.05) is 5.32 Å². The molecule has 0 radical (unpaired) electrons. The van der Waals surface area contributed by atoms with Gasteiger partial charge in [-0.25, -0.2) is 4.98 Å². The monoisotopic (exact) mass is 329 g/mol. The van der Waals surface area contributed by atoms with E-state index in [1.54, 1.807) is 13.0 Å². The number of H-pyrrole nitrogens is 1. The van der Waals surface area contributed by atoms with Crippen molar-refractivity contribution >= 4 is 11.7 Å². The number of nitrogens with zero attached hydrogens (tertiary/aromatic N) is 3. The Morgan fingerprint density at radius 2 is 2.00 bits per heavy atom.